The Hall–Kier alpha value is -2.90. The average Bonchev–Trinajstić information content (AvgIpc) is 3.60. The van der Waals surface area contributed by atoms with Crippen LogP contribution in [0.5, 0.6) is 0 Å². The predicted octanol–water partition coefficient (Wildman–Crippen LogP) is 6.25. The minimum absolute atomic E-state index is 0.172. The van der Waals surface area contributed by atoms with Crippen LogP contribution in [0.2, 0.25) is 0 Å². The molecule has 2 aliphatic heterocycles. The van der Waals surface area contributed by atoms with E-state index in [0.29, 0.717) is 30.4 Å². The van der Waals surface area contributed by atoms with Crippen LogP contribution >= 0.6 is 0 Å². The number of aliphatic carboxylic acids is 1. The lowest BCUT2D eigenvalue weighted by molar-refractivity contribution is -0.145. The fraction of sp³-hybridized carbons (Fsp3) is 0.611. The molecule has 0 aromatic heterocycles. The van der Waals surface area contributed by atoms with Gasteiger partial charge in [-0.15, -0.1) is 0 Å². The third kappa shape index (κ3) is 7.26. The van der Waals surface area contributed by atoms with Crippen molar-refractivity contribution in [3.8, 4) is 0 Å². The standard InChI is InChI=1S/C36H49N3O4/c1-26-21-33(26)39(36(42)43-25-27-11-5-2-6-12-27)31-17-19-37(20-18-31)22-30-23-38(24-32(30)28-13-7-3-8-14-28)34(35(40)41)29-15-9-4-10-16-29/h2-3,5-8,11-14,26,29-34H,4,9-10,15-25H2,1H3,(H,40,41)/t26?,30-,32+,33?,34+/m0/s1. The first-order valence-electron chi connectivity index (χ1n) is 16.7. The average molecular weight is 588 g/mol. The summed E-state index contributed by atoms with van der Waals surface area (Å²) >= 11 is 0. The topological polar surface area (TPSA) is 73.3 Å². The van der Waals surface area contributed by atoms with E-state index in [4.69, 9.17) is 4.74 Å². The molecule has 1 N–H and O–H groups in total. The summed E-state index contributed by atoms with van der Waals surface area (Å²) in [5.41, 5.74) is 2.34. The predicted molar refractivity (Wildman–Crippen MR) is 168 cm³/mol. The molecule has 4 fully saturated rings. The van der Waals surface area contributed by atoms with E-state index in [1.807, 2.05) is 30.3 Å². The van der Waals surface area contributed by atoms with E-state index in [9.17, 15) is 14.7 Å². The number of carbonyl (C=O) groups is 2. The number of hydrogen-bond donors (Lipinski definition) is 1. The summed E-state index contributed by atoms with van der Waals surface area (Å²) in [6.45, 7) is 7.08. The Bertz CT molecular complexity index is 1200. The van der Waals surface area contributed by atoms with Gasteiger partial charge in [-0.2, -0.15) is 0 Å². The number of carbonyl (C=O) groups excluding carboxylic acids is 1. The van der Waals surface area contributed by atoms with Crippen LogP contribution in [0.4, 0.5) is 4.79 Å². The first kappa shape index (κ1) is 30.1. The molecule has 43 heavy (non-hydrogen) atoms. The molecule has 1 amide bonds. The third-order valence-electron chi connectivity index (χ3n) is 10.7. The molecule has 232 valence electrons. The number of piperidine rings is 1. The molecule has 0 bridgehead atoms. The maximum Gasteiger partial charge on any atom is 0.410 e. The van der Waals surface area contributed by atoms with E-state index in [2.05, 4.69) is 52.0 Å². The molecule has 2 aromatic carbocycles. The van der Waals surface area contributed by atoms with Gasteiger partial charge in [0.25, 0.3) is 0 Å². The monoisotopic (exact) mass is 587 g/mol. The molecule has 7 heteroatoms. The van der Waals surface area contributed by atoms with Gasteiger partial charge in [0.05, 0.1) is 0 Å². The largest absolute Gasteiger partial charge is 0.480 e. The lowest BCUT2D eigenvalue weighted by Gasteiger charge is -2.39. The first-order chi connectivity index (χ1) is 21.0. The van der Waals surface area contributed by atoms with Gasteiger partial charge in [0.2, 0.25) is 0 Å². The molecule has 4 aliphatic rings. The lowest BCUT2D eigenvalue weighted by atomic mass is 9.83. The number of nitrogens with zero attached hydrogens (tertiary/aromatic N) is 3. The van der Waals surface area contributed by atoms with E-state index in [0.717, 1.165) is 83.2 Å². The van der Waals surface area contributed by atoms with Crippen molar-refractivity contribution in [3.63, 3.8) is 0 Å². The molecular formula is C36H49N3O4. The third-order valence-corrected chi connectivity index (χ3v) is 10.7. The highest BCUT2D eigenvalue weighted by Crippen LogP contribution is 2.40. The van der Waals surface area contributed by atoms with Crippen molar-refractivity contribution in [2.24, 2.45) is 17.8 Å². The Balaban J connectivity index is 1.09. The van der Waals surface area contributed by atoms with Crippen LogP contribution in [0.3, 0.4) is 0 Å². The Labute approximate surface area is 257 Å². The fourth-order valence-corrected chi connectivity index (χ4v) is 8.25. The van der Waals surface area contributed by atoms with E-state index < -0.39 is 5.97 Å². The summed E-state index contributed by atoms with van der Waals surface area (Å²) in [7, 11) is 0. The van der Waals surface area contributed by atoms with Gasteiger partial charge in [-0.25, -0.2) is 4.79 Å². The van der Waals surface area contributed by atoms with Crippen molar-refractivity contribution in [2.45, 2.75) is 88.9 Å². The van der Waals surface area contributed by atoms with Crippen LogP contribution in [0.1, 0.15) is 75.3 Å². The number of likely N-dealkylation sites (tertiary alicyclic amines) is 2. The van der Waals surface area contributed by atoms with E-state index in [1.54, 1.807) is 0 Å². The zero-order valence-corrected chi connectivity index (χ0v) is 25.7. The number of ether oxygens (including phenoxy) is 1. The second kappa shape index (κ2) is 13.8. The first-order valence-corrected chi connectivity index (χ1v) is 16.7. The molecule has 0 radical (unpaired) electrons. The number of carboxylic acid groups (broad SMARTS) is 1. The molecule has 2 unspecified atom stereocenters. The van der Waals surface area contributed by atoms with Gasteiger partial charge in [0, 0.05) is 50.7 Å². The SMILES string of the molecule is CC1CC1N(C(=O)OCc1ccccc1)C1CCN(C[C@H]2CN([C@@H](C(=O)O)C3CCCCC3)C[C@@H]2c2ccccc2)CC1. The van der Waals surface area contributed by atoms with Gasteiger partial charge in [-0.3, -0.25) is 9.69 Å². The molecule has 6 rings (SSSR count). The second-order valence-electron chi connectivity index (χ2n) is 13.7. The molecule has 2 aromatic rings. The molecule has 7 nitrogen and oxygen atoms in total. The molecule has 5 atom stereocenters. The number of amides is 1. The Morgan fingerprint density at radius 1 is 0.930 bits per heavy atom. The Kier molecular flexibility index (Phi) is 9.68. The summed E-state index contributed by atoms with van der Waals surface area (Å²) < 4.78 is 5.81. The van der Waals surface area contributed by atoms with Crippen LogP contribution in [-0.4, -0.2) is 82.7 Å². The van der Waals surface area contributed by atoms with Gasteiger partial charge in [0.15, 0.2) is 0 Å². The van der Waals surface area contributed by atoms with Crippen LogP contribution in [-0.2, 0) is 16.1 Å². The van der Waals surface area contributed by atoms with Crippen molar-refractivity contribution in [2.75, 3.05) is 32.7 Å². The van der Waals surface area contributed by atoms with E-state index >= 15 is 0 Å². The van der Waals surface area contributed by atoms with Crippen molar-refractivity contribution >= 4 is 12.1 Å². The van der Waals surface area contributed by atoms with Gasteiger partial charge >= 0.3 is 12.1 Å². The minimum atomic E-state index is -0.645. The van der Waals surface area contributed by atoms with Gasteiger partial charge in [-0.1, -0.05) is 86.8 Å². The van der Waals surface area contributed by atoms with Gasteiger partial charge < -0.3 is 19.6 Å². The number of benzene rings is 2. The summed E-state index contributed by atoms with van der Waals surface area (Å²) in [6, 6.07) is 20.8. The zero-order valence-electron chi connectivity index (χ0n) is 25.7. The Morgan fingerprint density at radius 3 is 2.21 bits per heavy atom. The molecular weight excluding hydrogens is 538 g/mol. The van der Waals surface area contributed by atoms with Crippen LogP contribution in [0.15, 0.2) is 60.7 Å². The van der Waals surface area contributed by atoms with E-state index in [-0.39, 0.29) is 24.1 Å². The van der Waals surface area contributed by atoms with Gasteiger partial charge in [-0.05, 0) is 61.0 Å². The minimum Gasteiger partial charge on any atom is -0.480 e. The smallest absolute Gasteiger partial charge is 0.410 e. The summed E-state index contributed by atoms with van der Waals surface area (Å²) in [6.07, 6.45) is 8.40. The van der Waals surface area contributed by atoms with Crippen LogP contribution < -0.4 is 0 Å². The Morgan fingerprint density at radius 2 is 1.58 bits per heavy atom. The number of hydrogen-bond acceptors (Lipinski definition) is 5. The lowest BCUT2D eigenvalue weighted by Crippen LogP contribution is -2.50. The normalized spacial score (nSPS) is 27.9. The quantitative estimate of drug-likeness (QED) is 0.355. The van der Waals surface area contributed by atoms with Crippen LogP contribution in [0.25, 0.3) is 0 Å². The summed E-state index contributed by atoms with van der Waals surface area (Å²) in [5.74, 6) is 0.869. The van der Waals surface area contributed by atoms with Gasteiger partial charge in [0.1, 0.15) is 12.6 Å². The molecule has 0 spiro atoms. The van der Waals surface area contributed by atoms with Crippen molar-refractivity contribution < 1.29 is 19.4 Å². The molecule has 2 saturated heterocycles. The maximum absolute atomic E-state index is 13.3. The highest BCUT2D eigenvalue weighted by Gasteiger charge is 2.46. The number of carboxylic acids is 1. The second-order valence-corrected chi connectivity index (χ2v) is 13.7. The molecule has 2 aliphatic carbocycles. The van der Waals surface area contributed by atoms with Crippen molar-refractivity contribution in [3.05, 3.63) is 71.8 Å². The zero-order chi connectivity index (χ0) is 29.8. The highest BCUT2D eigenvalue weighted by molar-refractivity contribution is 5.74. The van der Waals surface area contributed by atoms with Crippen LogP contribution in [0, 0.1) is 17.8 Å². The van der Waals surface area contributed by atoms with Crippen molar-refractivity contribution in [1.29, 1.82) is 0 Å². The highest BCUT2D eigenvalue weighted by atomic mass is 16.6. The molecule has 2 saturated carbocycles. The molecule has 2 heterocycles. The number of rotatable bonds is 10. The summed E-state index contributed by atoms with van der Waals surface area (Å²) in [4.78, 5) is 32.9. The van der Waals surface area contributed by atoms with Crippen molar-refractivity contribution in [1.82, 2.24) is 14.7 Å². The maximum atomic E-state index is 13.3. The fourth-order valence-electron chi connectivity index (χ4n) is 8.25. The van der Waals surface area contributed by atoms with E-state index in [1.165, 1.54) is 12.0 Å². The summed E-state index contributed by atoms with van der Waals surface area (Å²) in [5, 5.41) is 10.4.